The maximum atomic E-state index is 6.60. The predicted octanol–water partition coefficient (Wildman–Crippen LogP) is 10.8. The summed E-state index contributed by atoms with van der Waals surface area (Å²) in [6.45, 7) is 8.46. The molecule has 0 spiro atoms. The molecule has 0 bridgehead atoms. The first kappa shape index (κ1) is 28.5. The SMILES string of the molecule is CC1(C)OB(c2cc(-c3ccc4sc5ccccc5c4c3)cc(-c3ccc4c(c3)c3ccccc3n4-c3ccccc3)c2)OC1(C)C. The molecular weight excluding hydrogens is 593 g/mol. The van der Waals surface area contributed by atoms with Gasteiger partial charge in [-0.05, 0) is 110 Å². The Morgan fingerprint density at radius 3 is 1.81 bits per heavy atom. The van der Waals surface area contributed by atoms with Crippen LogP contribution >= 0.6 is 11.3 Å². The summed E-state index contributed by atoms with van der Waals surface area (Å²) in [5.74, 6) is 0. The van der Waals surface area contributed by atoms with Crippen molar-refractivity contribution < 1.29 is 9.31 Å². The fourth-order valence-electron chi connectivity index (χ4n) is 7.01. The van der Waals surface area contributed by atoms with E-state index < -0.39 is 18.3 Å². The van der Waals surface area contributed by atoms with Crippen molar-refractivity contribution in [2.75, 3.05) is 0 Å². The maximum Gasteiger partial charge on any atom is 0.494 e. The number of hydrogen-bond acceptors (Lipinski definition) is 3. The molecule has 1 fully saturated rings. The first-order valence-corrected chi connectivity index (χ1v) is 17.1. The minimum atomic E-state index is -0.465. The molecule has 1 aliphatic rings. The molecular formula is C42H34BNO2S. The highest BCUT2D eigenvalue weighted by Gasteiger charge is 2.51. The van der Waals surface area contributed by atoms with Crippen LogP contribution in [0.4, 0.5) is 0 Å². The third-order valence-electron chi connectivity index (χ3n) is 10.2. The Labute approximate surface area is 279 Å². The van der Waals surface area contributed by atoms with E-state index in [1.165, 1.54) is 47.5 Å². The molecule has 0 amide bonds. The quantitative estimate of drug-likeness (QED) is 0.181. The Balaban J connectivity index is 1.24. The molecule has 0 N–H and O–H groups in total. The molecule has 0 aliphatic carbocycles. The van der Waals surface area contributed by atoms with Crippen LogP contribution in [0, 0.1) is 0 Å². The fraction of sp³-hybridized carbons (Fsp3) is 0.143. The van der Waals surface area contributed by atoms with Crippen LogP contribution in [0.3, 0.4) is 0 Å². The number of hydrogen-bond donors (Lipinski definition) is 0. The van der Waals surface area contributed by atoms with Gasteiger partial charge in [-0.2, -0.15) is 0 Å². The van der Waals surface area contributed by atoms with E-state index in [0.29, 0.717) is 0 Å². The summed E-state index contributed by atoms with van der Waals surface area (Å²) >= 11 is 1.85. The fourth-order valence-corrected chi connectivity index (χ4v) is 8.10. The Bertz CT molecular complexity index is 2470. The van der Waals surface area contributed by atoms with Gasteiger partial charge in [0.2, 0.25) is 0 Å². The zero-order valence-electron chi connectivity index (χ0n) is 27.0. The summed E-state index contributed by atoms with van der Waals surface area (Å²) in [6, 6.07) is 48.5. The van der Waals surface area contributed by atoms with Gasteiger partial charge in [0.15, 0.2) is 0 Å². The standard InChI is InChI=1S/C42H34BNO2S/c1-41(2)42(3,4)46-43(45-41)31-23-29(22-30(24-31)28-19-21-40-36(26-28)34-15-9-11-17-39(34)47-40)27-18-20-38-35(25-27)33-14-8-10-16-37(33)44(38)32-12-6-5-7-13-32/h5-26H,1-4H3. The second kappa shape index (κ2) is 10.4. The van der Waals surface area contributed by atoms with Crippen LogP contribution in [0.2, 0.25) is 0 Å². The van der Waals surface area contributed by atoms with Crippen molar-refractivity contribution in [1.82, 2.24) is 4.57 Å². The Morgan fingerprint density at radius 2 is 1.06 bits per heavy atom. The molecule has 0 atom stereocenters. The zero-order chi connectivity index (χ0) is 31.9. The van der Waals surface area contributed by atoms with Crippen LogP contribution in [0.1, 0.15) is 27.7 Å². The van der Waals surface area contributed by atoms with Crippen LogP contribution in [-0.4, -0.2) is 22.9 Å². The minimum Gasteiger partial charge on any atom is -0.399 e. The summed E-state index contributed by atoms with van der Waals surface area (Å²) in [6.07, 6.45) is 0. The van der Waals surface area contributed by atoms with Crippen molar-refractivity contribution in [3.63, 3.8) is 0 Å². The summed E-state index contributed by atoms with van der Waals surface area (Å²) in [7, 11) is -0.465. The summed E-state index contributed by atoms with van der Waals surface area (Å²) in [4.78, 5) is 0. The molecule has 0 radical (unpaired) electrons. The molecule has 6 aromatic carbocycles. The molecule has 1 aliphatic heterocycles. The van der Waals surface area contributed by atoms with Crippen LogP contribution < -0.4 is 5.46 Å². The van der Waals surface area contributed by atoms with Crippen molar-refractivity contribution in [2.24, 2.45) is 0 Å². The third-order valence-corrected chi connectivity index (χ3v) is 11.4. The van der Waals surface area contributed by atoms with Crippen LogP contribution in [0.25, 0.3) is 69.9 Å². The smallest absolute Gasteiger partial charge is 0.399 e. The highest BCUT2D eigenvalue weighted by Crippen LogP contribution is 2.40. The minimum absolute atomic E-state index is 0.430. The monoisotopic (exact) mass is 627 g/mol. The summed E-state index contributed by atoms with van der Waals surface area (Å²) in [5.41, 5.74) is 8.36. The number of aromatic nitrogens is 1. The molecule has 8 aromatic rings. The van der Waals surface area contributed by atoms with Gasteiger partial charge in [-0.25, -0.2) is 0 Å². The van der Waals surface area contributed by atoms with E-state index in [1.807, 2.05) is 11.3 Å². The lowest BCUT2D eigenvalue weighted by atomic mass is 9.76. The van der Waals surface area contributed by atoms with Gasteiger partial charge >= 0.3 is 7.12 Å². The lowest BCUT2D eigenvalue weighted by molar-refractivity contribution is 0.00578. The largest absolute Gasteiger partial charge is 0.494 e. The molecule has 5 heteroatoms. The van der Waals surface area contributed by atoms with Gasteiger partial charge in [-0.3, -0.25) is 0 Å². The molecule has 228 valence electrons. The van der Waals surface area contributed by atoms with E-state index in [2.05, 4.69) is 166 Å². The molecule has 0 saturated carbocycles. The van der Waals surface area contributed by atoms with Gasteiger partial charge in [0, 0.05) is 36.6 Å². The van der Waals surface area contributed by atoms with E-state index in [4.69, 9.17) is 9.31 Å². The van der Waals surface area contributed by atoms with Crippen molar-refractivity contribution >= 4 is 65.9 Å². The van der Waals surface area contributed by atoms with Gasteiger partial charge in [0.1, 0.15) is 0 Å². The summed E-state index contributed by atoms with van der Waals surface area (Å²) < 4.78 is 18.2. The molecule has 1 saturated heterocycles. The Morgan fingerprint density at radius 1 is 0.489 bits per heavy atom. The zero-order valence-corrected chi connectivity index (χ0v) is 27.8. The van der Waals surface area contributed by atoms with Gasteiger partial charge in [0.25, 0.3) is 0 Å². The number of rotatable bonds is 4. The molecule has 3 heterocycles. The molecule has 2 aromatic heterocycles. The second-order valence-electron chi connectivity index (χ2n) is 13.7. The van der Waals surface area contributed by atoms with Crippen molar-refractivity contribution in [3.05, 3.63) is 133 Å². The third kappa shape index (κ3) is 4.56. The Kier molecular flexibility index (Phi) is 6.32. The van der Waals surface area contributed by atoms with Crippen molar-refractivity contribution in [2.45, 2.75) is 38.9 Å². The molecule has 47 heavy (non-hydrogen) atoms. The van der Waals surface area contributed by atoms with Gasteiger partial charge in [0.05, 0.1) is 22.2 Å². The average molecular weight is 628 g/mol. The van der Waals surface area contributed by atoms with Gasteiger partial charge < -0.3 is 13.9 Å². The molecule has 3 nitrogen and oxygen atoms in total. The summed E-state index contributed by atoms with van der Waals surface area (Å²) in [5, 5.41) is 5.07. The normalized spacial score (nSPS) is 15.8. The highest BCUT2D eigenvalue weighted by atomic mass is 32.1. The predicted molar refractivity (Wildman–Crippen MR) is 200 cm³/mol. The number of nitrogens with zero attached hydrogens (tertiary/aromatic N) is 1. The van der Waals surface area contributed by atoms with Crippen LogP contribution in [0.5, 0.6) is 0 Å². The van der Waals surface area contributed by atoms with Crippen LogP contribution in [-0.2, 0) is 9.31 Å². The molecule has 9 rings (SSSR count). The first-order chi connectivity index (χ1) is 22.8. The van der Waals surface area contributed by atoms with E-state index in [1.54, 1.807) is 0 Å². The van der Waals surface area contributed by atoms with Crippen LogP contribution in [0.15, 0.2) is 133 Å². The van der Waals surface area contributed by atoms with E-state index in [9.17, 15) is 0 Å². The van der Waals surface area contributed by atoms with Gasteiger partial charge in [-0.1, -0.05) is 78.9 Å². The highest BCUT2D eigenvalue weighted by molar-refractivity contribution is 7.25. The Hall–Kier alpha value is -4.68. The number of para-hydroxylation sites is 2. The number of fused-ring (bicyclic) bond motifs is 6. The van der Waals surface area contributed by atoms with E-state index in [-0.39, 0.29) is 0 Å². The van der Waals surface area contributed by atoms with E-state index >= 15 is 0 Å². The molecule has 0 unspecified atom stereocenters. The lowest BCUT2D eigenvalue weighted by Crippen LogP contribution is -2.41. The van der Waals surface area contributed by atoms with Crippen molar-refractivity contribution in [3.8, 4) is 27.9 Å². The van der Waals surface area contributed by atoms with E-state index in [0.717, 1.165) is 27.8 Å². The first-order valence-electron chi connectivity index (χ1n) is 16.3. The van der Waals surface area contributed by atoms with Crippen molar-refractivity contribution in [1.29, 1.82) is 0 Å². The van der Waals surface area contributed by atoms with Gasteiger partial charge in [-0.15, -0.1) is 11.3 Å². The number of benzene rings is 6. The maximum absolute atomic E-state index is 6.60. The lowest BCUT2D eigenvalue weighted by Gasteiger charge is -2.32. The average Bonchev–Trinajstić information content (AvgIpc) is 3.70. The number of thiophene rings is 1. The topological polar surface area (TPSA) is 23.4 Å². The second-order valence-corrected chi connectivity index (χ2v) is 14.7.